The van der Waals surface area contributed by atoms with Crippen molar-refractivity contribution in [2.24, 2.45) is 0 Å². The van der Waals surface area contributed by atoms with E-state index in [2.05, 4.69) is 15.0 Å². The van der Waals surface area contributed by atoms with Crippen LogP contribution in [0.5, 0.6) is 0 Å². The molecular formula is C13H23N3O3S. The van der Waals surface area contributed by atoms with Gasteiger partial charge < -0.3 is 10.1 Å². The molecule has 0 bridgehead atoms. The van der Waals surface area contributed by atoms with Crippen LogP contribution >= 0.6 is 0 Å². The Bertz CT molecular complexity index is 474. The Morgan fingerprint density at radius 3 is 2.70 bits per heavy atom. The van der Waals surface area contributed by atoms with E-state index in [9.17, 15) is 8.42 Å². The maximum Gasteiger partial charge on any atom is 0.233 e. The topological polar surface area (TPSA) is 80.3 Å². The molecule has 1 aromatic heterocycles. The lowest BCUT2D eigenvalue weighted by molar-refractivity contribution is 0.198. The second kappa shape index (κ2) is 8.76. The molecule has 2 N–H and O–H groups in total. The van der Waals surface area contributed by atoms with E-state index in [-0.39, 0.29) is 5.75 Å². The summed E-state index contributed by atoms with van der Waals surface area (Å²) in [5.74, 6) is 0.478. The third-order valence-electron chi connectivity index (χ3n) is 2.64. The molecule has 0 atom stereocenters. The van der Waals surface area contributed by atoms with Crippen LogP contribution in [0.1, 0.15) is 26.2 Å². The van der Waals surface area contributed by atoms with Gasteiger partial charge in [-0.3, -0.25) is 4.72 Å². The molecule has 0 radical (unpaired) electrons. The van der Waals surface area contributed by atoms with E-state index in [1.54, 1.807) is 25.4 Å². The van der Waals surface area contributed by atoms with Gasteiger partial charge in [0.15, 0.2) is 0 Å². The number of methoxy groups -OCH3 is 1. The third-order valence-corrected chi connectivity index (χ3v) is 3.99. The van der Waals surface area contributed by atoms with Crippen LogP contribution < -0.4 is 10.0 Å². The summed E-state index contributed by atoms with van der Waals surface area (Å²) in [6.45, 7) is 3.45. The smallest absolute Gasteiger partial charge is 0.233 e. The molecule has 114 valence electrons. The average Bonchev–Trinajstić information content (AvgIpc) is 2.43. The first-order chi connectivity index (χ1) is 9.57. The van der Waals surface area contributed by atoms with Crippen molar-refractivity contribution in [1.82, 2.24) is 4.98 Å². The normalized spacial score (nSPS) is 11.3. The van der Waals surface area contributed by atoms with E-state index >= 15 is 0 Å². The van der Waals surface area contributed by atoms with Gasteiger partial charge in [-0.1, -0.05) is 13.3 Å². The summed E-state index contributed by atoms with van der Waals surface area (Å²) in [5.41, 5.74) is 0.859. The highest BCUT2D eigenvalue weighted by Crippen LogP contribution is 2.11. The number of pyridine rings is 1. The predicted molar refractivity (Wildman–Crippen MR) is 81.5 cm³/mol. The molecule has 0 saturated heterocycles. The van der Waals surface area contributed by atoms with E-state index in [4.69, 9.17) is 4.74 Å². The molecule has 0 unspecified atom stereocenters. The van der Waals surface area contributed by atoms with Gasteiger partial charge in [0.25, 0.3) is 0 Å². The maximum absolute atomic E-state index is 11.7. The van der Waals surface area contributed by atoms with Crippen molar-refractivity contribution < 1.29 is 13.2 Å². The molecule has 0 aliphatic carbocycles. The Balaban J connectivity index is 2.46. The molecule has 0 aliphatic heterocycles. The van der Waals surface area contributed by atoms with Gasteiger partial charge in [0.1, 0.15) is 5.82 Å². The molecule has 1 rings (SSSR count). The number of aromatic nitrogens is 1. The van der Waals surface area contributed by atoms with Crippen molar-refractivity contribution in [2.75, 3.05) is 36.1 Å². The average molecular weight is 301 g/mol. The summed E-state index contributed by atoms with van der Waals surface area (Å²) in [5, 5.41) is 3.18. The van der Waals surface area contributed by atoms with Gasteiger partial charge in [0, 0.05) is 20.3 Å². The third kappa shape index (κ3) is 6.72. The Labute approximate surface area is 121 Å². The summed E-state index contributed by atoms with van der Waals surface area (Å²) >= 11 is 0. The Morgan fingerprint density at radius 2 is 2.10 bits per heavy atom. The molecule has 0 saturated carbocycles. The van der Waals surface area contributed by atoms with Gasteiger partial charge in [0.05, 0.1) is 17.6 Å². The fourth-order valence-electron chi connectivity index (χ4n) is 1.55. The zero-order valence-electron chi connectivity index (χ0n) is 12.1. The number of nitrogens with zero attached hydrogens (tertiary/aromatic N) is 1. The number of sulfonamides is 1. The fourth-order valence-corrected chi connectivity index (χ4v) is 2.76. The van der Waals surface area contributed by atoms with Crippen molar-refractivity contribution >= 4 is 21.5 Å². The van der Waals surface area contributed by atoms with Gasteiger partial charge in [-0.2, -0.15) is 0 Å². The highest BCUT2D eigenvalue weighted by Gasteiger charge is 2.09. The lowest BCUT2D eigenvalue weighted by atomic mass is 10.4. The Hall–Kier alpha value is -1.34. The molecule has 0 fully saturated rings. The van der Waals surface area contributed by atoms with Crippen molar-refractivity contribution in [2.45, 2.75) is 26.2 Å². The molecule has 6 nitrogen and oxygen atoms in total. The zero-order chi connectivity index (χ0) is 14.8. The first kappa shape index (κ1) is 16.7. The molecule has 0 spiro atoms. The molecule has 0 aromatic carbocycles. The van der Waals surface area contributed by atoms with Gasteiger partial charge in [-0.25, -0.2) is 13.4 Å². The van der Waals surface area contributed by atoms with Crippen molar-refractivity contribution in [3.8, 4) is 0 Å². The number of unbranched alkanes of at least 4 members (excludes halogenated alkanes) is 1. The quantitative estimate of drug-likeness (QED) is 0.647. The van der Waals surface area contributed by atoms with Gasteiger partial charge >= 0.3 is 0 Å². The zero-order valence-corrected chi connectivity index (χ0v) is 12.9. The highest BCUT2D eigenvalue weighted by atomic mass is 32.2. The fraction of sp³-hybridized carbons (Fsp3) is 0.615. The summed E-state index contributed by atoms with van der Waals surface area (Å²) < 4.78 is 30.8. The van der Waals surface area contributed by atoms with Crippen LogP contribution in [0.2, 0.25) is 0 Å². The first-order valence-electron chi connectivity index (χ1n) is 6.76. The van der Waals surface area contributed by atoms with Gasteiger partial charge in [0.2, 0.25) is 10.0 Å². The number of ether oxygens (including phenoxy) is 1. The highest BCUT2D eigenvalue weighted by molar-refractivity contribution is 7.92. The Kier molecular flexibility index (Phi) is 7.32. The molecule has 0 aliphatic rings. The molecule has 7 heteroatoms. The number of nitrogens with one attached hydrogen (secondary N) is 2. The van der Waals surface area contributed by atoms with Crippen LogP contribution in [-0.2, 0) is 14.8 Å². The van der Waals surface area contributed by atoms with E-state index in [1.165, 1.54) is 0 Å². The van der Waals surface area contributed by atoms with Crippen LogP contribution in [0, 0.1) is 0 Å². The second-order valence-electron chi connectivity index (χ2n) is 4.48. The summed E-state index contributed by atoms with van der Waals surface area (Å²) in [4.78, 5) is 4.09. The summed E-state index contributed by atoms with van der Waals surface area (Å²) in [6.07, 6.45) is 4.01. The number of anilines is 2. The van der Waals surface area contributed by atoms with Gasteiger partial charge in [-0.05, 0) is 25.0 Å². The van der Waals surface area contributed by atoms with Crippen LogP contribution in [-0.4, -0.2) is 39.4 Å². The second-order valence-corrected chi connectivity index (χ2v) is 6.32. The minimum absolute atomic E-state index is 0.127. The molecule has 1 aromatic rings. The Morgan fingerprint density at radius 1 is 1.30 bits per heavy atom. The van der Waals surface area contributed by atoms with Crippen LogP contribution in [0.4, 0.5) is 11.5 Å². The lowest BCUT2D eigenvalue weighted by Crippen LogP contribution is -2.17. The number of hydrogen-bond donors (Lipinski definition) is 2. The predicted octanol–water partition coefficient (Wildman–Crippen LogP) is 2.07. The lowest BCUT2D eigenvalue weighted by Gasteiger charge is -2.08. The van der Waals surface area contributed by atoms with E-state index < -0.39 is 10.0 Å². The van der Waals surface area contributed by atoms with Gasteiger partial charge in [-0.15, -0.1) is 0 Å². The van der Waals surface area contributed by atoms with Crippen molar-refractivity contribution in [3.05, 3.63) is 18.3 Å². The minimum atomic E-state index is -3.28. The molecule has 20 heavy (non-hydrogen) atoms. The van der Waals surface area contributed by atoms with Crippen molar-refractivity contribution in [1.29, 1.82) is 0 Å². The summed E-state index contributed by atoms with van der Waals surface area (Å²) in [6, 6.07) is 3.46. The molecule has 0 amide bonds. The van der Waals surface area contributed by atoms with Crippen molar-refractivity contribution in [3.63, 3.8) is 0 Å². The largest absolute Gasteiger partial charge is 0.385 e. The SMILES string of the molecule is CCCCS(=O)(=O)Nc1ccc(NCCCOC)cn1. The number of hydrogen-bond acceptors (Lipinski definition) is 5. The first-order valence-corrected chi connectivity index (χ1v) is 8.42. The standard InChI is InChI=1S/C13H23N3O3S/c1-3-4-10-20(17,18)16-13-7-6-12(11-15-13)14-8-5-9-19-2/h6-7,11,14H,3-5,8-10H2,1-2H3,(H,15,16). The monoisotopic (exact) mass is 301 g/mol. The molecule has 1 heterocycles. The number of rotatable bonds is 10. The van der Waals surface area contributed by atoms with E-state index in [1.807, 2.05) is 6.92 Å². The maximum atomic E-state index is 11.7. The minimum Gasteiger partial charge on any atom is -0.385 e. The van der Waals surface area contributed by atoms with Crippen LogP contribution in [0.15, 0.2) is 18.3 Å². The summed E-state index contributed by atoms with van der Waals surface area (Å²) in [7, 11) is -1.62. The van der Waals surface area contributed by atoms with Crippen LogP contribution in [0.25, 0.3) is 0 Å². The molecular weight excluding hydrogens is 278 g/mol. The van der Waals surface area contributed by atoms with E-state index in [0.29, 0.717) is 18.8 Å². The van der Waals surface area contributed by atoms with Crippen LogP contribution in [0.3, 0.4) is 0 Å². The van der Waals surface area contributed by atoms with E-state index in [0.717, 1.165) is 25.1 Å².